The van der Waals surface area contributed by atoms with Gasteiger partial charge in [0.05, 0.1) is 12.7 Å². The molecule has 25 heavy (non-hydrogen) atoms. The van der Waals surface area contributed by atoms with Gasteiger partial charge in [0.15, 0.2) is 6.61 Å². The minimum atomic E-state index is -0.614. The second-order valence-corrected chi connectivity index (χ2v) is 5.01. The molecule has 0 fully saturated rings. The van der Waals surface area contributed by atoms with Crippen LogP contribution in [-0.4, -0.2) is 38.5 Å². The van der Waals surface area contributed by atoms with Gasteiger partial charge < -0.3 is 20.1 Å². The number of carbonyl (C=O) groups is 3. The van der Waals surface area contributed by atoms with E-state index < -0.39 is 18.5 Å². The monoisotopic (exact) mass is 342 g/mol. The molecule has 0 unspecified atom stereocenters. The molecule has 0 bridgehead atoms. The van der Waals surface area contributed by atoms with Gasteiger partial charge in [-0.1, -0.05) is 6.07 Å². The Balaban J connectivity index is 1.89. The average molecular weight is 342 g/mol. The maximum atomic E-state index is 11.9. The molecular weight excluding hydrogens is 324 g/mol. The van der Waals surface area contributed by atoms with Crippen LogP contribution in [0, 0.1) is 0 Å². The molecule has 0 saturated heterocycles. The molecule has 0 atom stereocenters. The van der Waals surface area contributed by atoms with Gasteiger partial charge in [0.25, 0.3) is 11.8 Å². The lowest BCUT2D eigenvalue weighted by Crippen LogP contribution is -2.22. The lowest BCUT2D eigenvalue weighted by Gasteiger charge is -2.08. The topological polar surface area (TPSA) is 93.7 Å². The molecule has 0 heterocycles. The number of hydrogen-bond acceptors (Lipinski definition) is 5. The minimum Gasteiger partial charge on any atom is -0.497 e. The van der Waals surface area contributed by atoms with E-state index in [1.54, 1.807) is 42.5 Å². The van der Waals surface area contributed by atoms with Crippen LogP contribution in [0.1, 0.15) is 20.7 Å². The molecule has 0 aliphatic rings. The molecule has 0 aliphatic heterocycles. The van der Waals surface area contributed by atoms with Crippen LogP contribution in [0.25, 0.3) is 0 Å². The van der Waals surface area contributed by atoms with Crippen molar-refractivity contribution in [2.24, 2.45) is 0 Å². The first-order valence-electron chi connectivity index (χ1n) is 7.46. The van der Waals surface area contributed by atoms with E-state index in [4.69, 9.17) is 9.47 Å². The predicted molar refractivity (Wildman–Crippen MR) is 91.7 cm³/mol. The van der Waals surface area contributed by atoms with Crippen LogP contribution in [0.2, 0.25) is 0 Å². The molecule has 0 radical (unpaired) electrons. The van der Waals surface area contributed by atoms with Gasteiger partial charge in [0, 0.05) is 18.3 Å². The summed E-state index contributed by atoms with van der Waals surface area (Å²) in [5.74, 6) is -0.764. The summed E-state index contributed by atoms with van der Waals surface area (Å²) in [6.45, 7) is -0.435. The van der Waals surface area contributed by atoms with Crippen LogP contribution in [0.5, 0.6) is 5.75 Å². The summed E-state index contributed by atoms with van der Waals surface area (Å²) in [7, 11) is 3.04. The highest BCUT2D eigenvalue weighted by Crippen LogP contribution is 2.13. The van der Waals surface area contributed by atoms with Crippen molar-refractivity contribution in [2.75, 3.05) is 26.1 Å². The number of nitrogens with one attached hydrogen (secondary N) is 2. The number of benzene rings is 2. The van der Waals surface area contributed by atoms with E-state index in [0.717, 1.165) is 0 Å². The van der Waals surface area contributed by atoms with Crippen molar-refractivity contribution in [3.63, 3.8) is 0 Å². The number of amides is 2. The van der Waals surface area contributed by atoms with Crippen LogP contribution in [0.4, 0.5) is 5.69 Å². The van der Waals surface area contributed by atoms with E-state index in [1.165, 1.54) is 20.2 Å². The molecule has 7 nitrogen and oxygen atoms in total. The molecule has 2 aromatic rings. The third kappa shape index (κ3) is 5.07. The molecule has 2 N–H and O–H groups in total. The predicted octanol–water partition coefficient (Wildman–Crippen LogP) is 1.85. The summed E-state index contributed by atoms with van der Waals surface area (Å²) in [5.41, 5.74) is 1.16. The second kappa shape index (κ2) is 8.49. The zero-order chi connectivity index (χ0) is 18.2. The van der Waals surface area contributed by atoms with Crippen LogP contribution < -0.4 is 15.4 Å². The Labute approximate surface area is 144 Å². The van der Waals surface area contributed by atoms with Crippen LogP contribution in [-0.2, 0) is 9.53 Å². The first-order chi connectivity index (χ1) is 12.0. The second-order valence-electron chi connectivity index (χ2n) is 5.01. The van der Waals surface area contributed by atoms with Crippen molar-refractivity contribution >= 4 is 23.5 Å². The Morgan fingerprint density at radius 1 is 1.00 bits per heavy atom. The highest BCUT2D eigenvalue weighted by molar-refractivity contribution is 5.98. The first-order valence-corrected chi connectivity index (χ1v) is 7.46. The maximum Gasteiger partial charge on any atom is 0.338 e. The highest BCUT2D eigenvalue weighted by Gasteiger charge is 2.11. The standard InChI is InChI=1S/C18H18N2O5/c1-19-17(22)13-4-3-5-14(10-13)20-16(21)11-25-18(23)12-6-8-15(24-2)9-7-12/h3-10H,11H2,1-2H3,(H,19,22)(H,20,21). The average Bonchev–Trinajstić information content (AvgIpc) is 2.65. The summed E-state index contributed by atoms with van der Waals surface area (Å²) in [6, 6.07) is 12.8. The van der Waals surface area contributed by atoms with Gasteiger partial charge in [-0.15, -0.1) is 0 Å². The van der Waals surface area contributed by atoms with Gasteiger partial charge in [-0.2, -0.15) is 0 Å². The maximum absolute atomic E-state index is 11.9. The summed E-state index contributed by atoms with van der Waals surface area (Å²) < 4.78 is 9.97. The number of rotatable bonds is 6. The lowest BCUT2D eigenvalue weighted by atomic mass is 10.2. The SMILES string of the molecule is CNC(=O)c1cccc(NC(=O)COC(=O)c2ccc(OC)cc2)c1. The lowest BCUT2D eigenvalue weighted by molar-refractivity contribution is -0.119. The van der Waals surface area contributed by atoms with Crippen molar-refractivity contribution in [1.82, 2.24) is 5.32 Å². The number of ether oxygens (including phenoxy) is 2. The van der Waals surface area contributed by atoms with Gasteiger partial charge in [0.2, 0.25) is 0 Å². The van der Waals surface area contributed by atoms with Crippen molar-refractivity contribution < 1.29 is 23.9 Å². The van der Waals surface area contributed by atoms with Crippen molar-refractivity contribution in [1.29, 1.82) is 0 Å². The Morgan fingerprint density at radius 3 is 2.36 bits per heavy atom. The molecule has 2 rings (SSSR count). The molecule has 0 saturated carbocycles. The summed E-state index contributed by atoms with van der Waals surface area (Å²) in [5, 5.41) is 5.07. The van der Waals surface area contributed by atoms with E-state index in [9.17, 15) is 14.4 Å². The molecule has 2 amide bonds. The Bertz CT molecular complexity index is 771. The largest absolute Gasteiger partial charge is 0.497 e. The van der Waals surface area contributed by atoms with Gasteiger partial charge in [-0.25, -0.2) is 4.79 Å². The number of methoxy groups -OCH3 is 1. The summed E-state index contributed by atoms with van der Waals surface area (Å²) >= 11 is 0. The zero-order valence-electron chi connectivity index (χ0n) is 13.9. The number of carbonyl (C=O) groups excluding carboxylic acids is 3. The summed E-state index contributed by atoms with van der Waals surface area (Å²) in [6.07, 6.45) is 0. The zero-order valence-corrected chi connectivity index (χ0v) is 13.9. The Kier molecular flexibility index (Phi) is 6.11. The first kappa shape index (κ1) is 18.0. The molecule has 7 heteroatoms. The number of anilines is 1. The fourth-order valence-corrected chi connectivity index (χ4v) is 2.02. The fraction of sp³-hybridized carbons (Fsp3) is 0.167. The number of hydrogen-bond donors (Lipinski definition) is 2. The fourth-order valence-electron chi connectivity index (χ4n) is 2.02. The van der Waals surface area contributed by atoms with E-state index in [0.29, 0.717) is 22.6 Å². The van der Waals surface area contributed by atoms with E-state index >= 15 is 0 Å². The smallest absolute Gasteiger partial charge is 0.338 e. The van der Waals surface area contributed by atoms with Crippen LogP contribution in [0.15, 0.2) is 48.5 Å². The molecular formula is C18H18N2O5. The van der Waals surface area contributed by atoms with Gasteiger partial charge in [0.1, 0.15) is 5.75 Å². The molecule has 0 aliphatic carbocycles. The van der Waals surface area contributed by atoms with Crippen LogP contribution >= 0.6 is 0 Å². The quantitative estimate of drug-likeness (QED) is 0.782. The van der Waals surface area contributed by atoms with E-state index in [-0.39, 0.29) is 5.91 Å². The van der Waals surface area contributed by atoms with E-state index in [2.05, 4.69) is 10.6 Å². The van der Waals surface area contributed by atoms with Gasteiger partial charge >= 0.3 is 5.97 Å². The third-order valence-electron chi connectivity index (χ3n) is 3.30. The molecule has 130 valence electrons. The number of esters is 1. The normalized spacial score (nSPS) is 9.84. The molecule has 0 spiro atoms. The third-order valence-corrected chi connectivity index (χ3v) is 3.30. The van der Waals surface area contributed by atoms with Crippen molar-refractivity contribution in [3.05, 3.63) is 59.7 Å². The van der Waals surface area contributed by atoms with Crippen molar-refractivity contribution in [2.45, 2.75) is 0 Å². The van der Waals surface area contributed by atoms with Gasteiger partial charge in [-0.3, -0.25) is 9.59 Å². The minimum absolute atomic E-state index is 0.262. The Morgan fingerprint density at radius 2 is 1.72 bits per heavy atom. The van der Waals surface area contributed by atoms with Crippen molar-refractivity contribution in [3.8, 4) is 5.75 Å². The Hall–Kier alpha value is -3.35. The highest BCUT2D eigenvalue weighted by atomic mass is 16.5. The molecule has 0 aromatic heterocycles. The van der Waals surface area contributed by atoms with Crippen LogP contribution in [0.3, 0.4) is 0 Å². The van der Waals surface area contributed by atoms with E-state index in [1.807, 2.05) is 0 Å². The summed E-state index contributed by atoms with van der Waals surface area (Å²) in [4.78, 5) is 35.3. The molecule has 2 aromatic carbocycles. The van der Waals surface area contributed by atoms with Gasteiger partial charge in [-0.05, 0) is 42.5 Å².